The zero-order valence-electron chi connectivity index (χ0n) is 9.66. The van der Waals surface area contributed by atoms with E-state index in [2.05, 4.69) is 5.10 Å². The second kappa shape index (κ2) is 5.75. The summed E-state index contributed by atoms with van der Waals surface area (Å²) >= 11 is 0. The van der Waals surface area contributed by atoms with Gasteiger partial charge < -0.3 is 10.8 Å². The molecule has 0 atom stereocenters. The Morgan fingerprint density at radius 1 is 1.20 bits per heavy atom. The second-order valence-electron chi connectivity index (χ2n) is 3.95. The second-order valence-corrected chi connectivity index (χ2v) is 3.95. The van der Waals surface area contributed by atoms with E-state index >= 15 is 0 Å². The Hall–Kier alpha value is -1.03. The molecule has 1 heterocycles. The van der Waals surface area contributed by atoms with Crippen LogP contribution in [0.3, 0.4) is 0 Å². The van der Waals surface area contributed by atoms with Crippen molar-refractivity contribution in [2.24, 2.45) is 0 Å². The highest BCUT2D eigenvalue weighted by Gasteiger charge is 2.06. The summed E-state index contributed by atoms with van der Waals surface area (Å²) in [7, 11) is 0. The number of nitrogen functional groups attached to an aromatic ring is 1. The minimum atomic E-state index is 0.298. The molecule has 0 bridgehead atoms. The quantitative estimate of drug-likeness (QED) is 0.703. The van der Waals surface area contributed by atoms with Gasteiger partial charge in [-0.3, -0.25) is 4.68 Å². The molecule has 15 heavy (non-hydrogen) atoms. The highest BCUT2D eigenvalue weighted by Crippen LogP contribution is 2.15. The third-order valence-corrected chi connectivity index (χ3v) is 2.72. The van der Waals surface area contributed by atoms with Crippen LogP contribution >= 0.6 is 0 Å². The molecule has 4 heteroatoms. The van der Waals surface area contributed by atoms with E-state index in [-0.39, 0.29) is 0 Å². The van der Waals surface area contributed by atoms with E-state index < -0.39 is 0 Å². The van der Waals surface area contributed by atoms with Crippen molar-refractivity contribution < 1.29 is 5.11 Å². The molecule has 0 aliphatic rings. The fraction of sp³-hybridized carbons (Fsp3) is 0.727. The van der Waals surface area contributed by atoms with Crippen molar-refractivity contribution in [2.75, 3.05) is 12.3 Å². The summed E-state index contributed by atoms with van der Waals surface area (Å²) in [5.41, 5.74) is 8.63. The average Bonchev–Trinajstić information content (AvgIpc) is 2.46. The molecule has 3 N–H and O–H groups in total. The van der Waals surface area contributed by atoms with E-state index in [0.29, 0.717) is 6.61 Å². The fourth-order valence-electron chi connectivity index (χ4n) is 1.66. The van der Waals surface area contributed by atoms with Crippen LogP contribution in [0.5, 0.6) is 0 Å². The topological polar surface area (TPSA) is 64.1 Å². The number of hydrogen-bond donors (Lipinski definition) is 2. The first-order valence-corrected chi connectivity index (χ1v) is 5.57. The summed E-state index contributed by atoms with van der Waals surface area (Å²) < 4.78 is 1.98. The van der Waals surface area contributed by atoms with E-state index in [0.717, 1.165) is 49.3 Å². The van der Waals surface area contributed by atoms with Crippen LogP contribution in [0, 0.1) is 13.8 Å². The standard InChI is InChI=1S/C11H21N3O/c1-9-11(12)10(2)14(13-9)7-5-3-4-6-8-15/h15H,3-8,12H2,1-2H3. The zero-order chi connectivity index (χ0) is 11.3. The SMILES string of the molecule is Cc1nn(CCCCCCO)c(C)c1N. The molecule has 1 aromatic heterocycles. The van der Waals surface area contributed by atoms with Crippen LogP contribution in [0.1, 0.15) is 37.1 Å². The summed E-state index contributed by atoms with van der Waals surface area (Å²) in [4.78, 5) is 0. The predicted octanol–water partition coefficient (Wildman–Crippen LogP) is 1.63. The number of aliphatic hydroxyl groups is 1. The Morgan fingerprint density at radius 2 is 1.87 bits per heavy atom. The van der Waals surface area contributed by atoms with E-state index in [1.165, 1.54) is 0 Å². The van der Waals surface area contributed by atoms with Gasteiger partial charge in [-0.1, -0.05) is 12.8 Å². The van der Waals surface area contributed by atoms with Gasteiger partial charge in [-0.15, -0.1) is 0 Å². The lowest BCUT2D eigenvalue weighted by Gasteiger charge is -2.03. The van der Waals surface area contributed by atoms with Crippen molar-refractivity contribution in [1.82, 2.24) is 9.78 Å². The molecule has 0 radical (unpaired) electrons. The van der Waals surface area contributed by atoms with Gasteiger partial charge in [0.2, 0.25) is 0 Å². The van der Waals surface area contributed by atoms with Gasteiger partial charge in [-0.05, 0) is 26.7 Å². The molecule has 1 rings (SSSR count). The van der Waals surface area contributed by atoms with Gasteiger partial charge in [-0.2, -0.15) is 5.10 Å². The summed E-state index contributed by atoms with van der Waals surface area (Å²) in [5.74, 6) is 0. The Bertz CT molecular complexity index is 307. The molecule has 0 unspecified atom stereocenters. The third-order valence-electron chi connectivity index (χ3n) is 2.72. The van der Waals surface area contributed by atoms with Crippen LogP contribution in [-0.2, 0) is 6.54 Å². The highest BCUT2D eigenvalue weighted by molar-refractivity contribution is 5.46. The Morgan fingerprint density at radius 3 is 2.40 bits per heavy atom. The van der Waals surface area contributed by atoms with Gasteiger partial charge in [0.05, 0.1) is 17.1 Å². The number of hydrogen-bond acceptors (Lipinski definition) is 3. The monoisotopic (exact) mass is 211 g/mol. The van der Waals surface area contributed by atoms with Crippen molar-refractivity contribution in [3.8, 4) is 0 Å². The van der Waals surface area contributed by atoms with E-state index in [9.17, 15) is 0 Å². The molecule has 0 aliphatic carbocycles. The van der Waals surface area contributed by atoms with Gasteiger partial charge in [0.1, 0.15) is 0 Å². The Balaban J connectivity index is 2.34. The number of anilines is 1. The van der Waals surface area contributed by atoms with Gasteiger partial charge in [0.25, 0.3) is 0 Å². The van der Waals surface area contributed by atoms with Crippen molar-refractivity contribution in [3.05, 3.63) is 11.4 Å². The first-order valence-electron chi connectivity index (χ1n) is 5.57. The lowest BCUT2D eigenvalue weighted by atomic mass is 10.2. The normalized spacial score (nSPS) is 10.9. The van der Waals surface area contributed by atoms with Crippen LogP contribution in [0.4, 0.5) is 5.69 Å². The van der Waals surface area contributed by atoms with Crippen LogP contribution < -0.4 is 5.73 Å². The number of aromatic nitrogens is 2. The van der Waals surface area contributed by atoms with Crippen LogP contribution in [0.2, 0.25) is 0 Å². The molecule has 86 valence electrons. The molecule has 1 aromatic rings. The third kappa shape index (κ3) is 3.23. The van der Waals surface area contributed by atoms with Crippen molar-refractivity contribution >= 4 is 5.69 Å². The van der Waals surface area contributed by atoms with E-state index in [1.807, 2.05) is 18.5 Å². The molecular formula is C11H21N3O. The average molecular weight is 211 g/mol. The molecule has 0 aromatic carbocycles. The maximum absolute atomic E-state index is 8.63. The molecule has 0 saturated carbocycles. The van der Waals surface area contributed by atoms with Crippen molar-refractivity contribution in [3.63, 3.8) is 0 Å². The lowest BCUT2D eigenvalue weighted by molar-refractivity contribution is 0.282. The minimum Gasteiger partial charge on any atom is -0.396 e. The first-order chi connectivity index (χ1) is 7.16. The molecule has 0 fully saturated rings. The lowest BCUT2D eigenvalue weighted by Crippen LogP contribution is -2.03. The first kappa shape index (κ1) is 12.0. The number of nitrogens with two attached hydrogens (primary N) is 1. The molecule has 0 aliphatic heterocycles. The van der Waals surface area contributed by atoms with E-state index in [1.54, 1.807) is 0 Å². The van der Waals surface area contributed by atoms with E-state index in [4.69, 9.17) is 10.8 Å². The zero-order valence-corrected chi connectivity index (χ0v) is 9.66. The summed E-state index contributed by atoms with van der Waals surface area (Å²) in [6, 6.07) is 0. The smallest absolute Gasteiger partial charge is 0.0825 e. The predicted molar refractivity (Wildman–Crippen MR) is 61.7 cm³/mol. The number of rotatable bonds is 6. The van der Waals surface area contributed by atoms with Crippen LogP contribution in [-0.4, -0.2) is 21.5 Å². The number of aryl methyl sites for hydroxylation is 2. The number of nitrogens with zero attached hydrogens (tertiary/aromatic N) is 2. The van der Waals surface area contributed by atoms with Gasteiger partial charge in [0, 0.05) is 13.2 Å². The molecule has 0 amide bonds. The fourth-order valence-corrected chi connectivity index (χ4v) is 1.66. The van der Waals surface area contributed by atoms with Crippen LogP contribution in [0.15, 0.2) is 0 Å². The van der Waals surface area contributed by atoms with Crippen molar-refractivity contribution in [2.45, 2.75) is 46.1 Å². The van der Waals surface area contributed by atoms with Gasteiger partial charge >= 0.3 is 0 Å². The summed E-state index contributed by atoms with van der Waals surface area (Å²) in [6.45, 7) is 5.16. The van der Waals surface area contributed by atoms with Gasteiger partial charge in [-0.25, -0.2) is 0 Å². The maximum atomic E-state index is 8.63. The number of unbranched alkanes of at least 4 members (excludes halogenated alkanes) is 3. The molecular weight excluding hydrogens is 190 g/mol. The summed E-state index contributed by atoms with van der Waals surface area (Å²) in [5, 5.41) is 13.0. The maximum Gasteiger partial charge on any atom is 0.0825 e. The van der Waals surface area contributed by atoms with Crippen molar-refractivity contribution in [1.29, 1.82) is 0 Å². The highest BCUT2D eigenvalue weighted by atomic mass is 16.2. The molecule has 4 nitrogen and oxygen atoms in total. The molecule has 0 saturated heterocycles. The molecule has 0 spiro atoms. The Kier molecular flexibility index (Phi) is 4.62. The Labute approximate surface area is 91.1 Å². The number of aliphatic hydroxyl groups excluding tert-OH is 1. The van der Waals surface area contributed by atoms with Gasteiger partial charge in [0.15, 0.2) is 0 Å². The minimum absolute atomic E-state index is 0.298. The van der Waals surface area contributed by atoms with Crippen LogP contribution in [0.25, 0.3) is 0 Å². The largest absolute Gasteiger partial charge is 0.396 e. The summed E-state index contributed by atoms with van der Waals surface area (Å²) in [6.07, 6.45) is 4.23.